The summed E-state index contributed by atoms with van der Waals surface area (Å²) in [5.41, 5.74) is 2.77. The molecule has 0 aliphatic carbocycles. The number of anilines is 1. The number of benzene rings is 2. The van der Waals surface area contributed by atoms with E-state index in [1.807, 2.05) is 12.1 Å². The normalized spacial score (nSPS) is 12.6. The third kappa shape index (κ3) is 3.92. The fourth-order valence-corrected chi connectivity index (χ4v) is 2.80. The molecule has 0 atom stereocenters. The first-order valence-corrected chi connectivity index (χ1v) is 8.82. The minimum Gasteiger partial charge on any atom is -0.486 e. The van der Waals surface area contributed by atoms with Crippen molar-refractivity contribution in [1.82, 2.24) is 10.2 Å². The van der Waals surface area contributed by atoms with Crippen LogP contribution in [0.1, 0.15) is 34.3 Å². The molecule has 0 fully saturated rings. The van der Waals surface area contributed by atoms with Crippen molar-refractivity contribution in [3.63, 3.8) is 0 Å². The number of carbonyl (C=O) groups is 1. The number of rotatable bonds is 5. The molecule has 0 radical (unpaired) electrons. The number of nitrogens with one attached hydrogen (secondary N) is 1. The quantitative estimate of drug-likeness (QED) is 0.747. The Hall–Kier alpha value is -3.35. The minimum absolute atomic E-state index is 0.0649. The van der Waals surface area contributed by atoms with Gasteiger partial charge in [0.05, 0.1) is 6.42 Å². The molecule has 3 aromatic rings. The molecule has 4 rings (SSSR count). The standard InChI is InChI=1S/C20H19N3O4/c1-2-13-3-5-14(6-4-13)11-18-22-23-20(27-18)21-19(24)15-7-8-16-17(12-15)26-10-9-25-16/h3-8,12H,2,9-11H2,1H3,(H,21,23,24). The summed E-state index contributed by atoms with van der Waals surface area (Å²) in [4.78, 5) is 12.4. The van der Waals surface area contributed by atoms with E-state index in [1.54, 1.807) is 18.2 Å². The van der Waals surface area contributed by atoms with Crippen molar-refractivity contribution < 1.29 is 18.7 Å². The van der Waals surface area contributed by atoms with E-state index in [-0.39, 0.29) is 11.9 Å². The van der Waals surface area contributed by atoms with Gasteiger partial charge in [-0.1, -0.05) is 36.3 Å². The Labute approximate surface area is 156 Å². The number of aromatic nitrogens is 2. The molecule has 0 bridgehead atoms. The lowest BCUT2D eigenvalue weighted by Gasteiger charge is -2.18. The van der Waals surface area contributed by atoms with Crippen molar-refractivity contribution in [2.45, 2.75) is 19.8 Å². The van der Waals surface area contributed by atoms with Gasteiger partial charge in [0.1, 0.15) is 13.2 Å². The summed E-state index contributed by atoms with van der Waals surface area (Å²) < 4.78 is 16.5. The van der Waals surface area contributed by atoms with E-state index < -0.39 is 0 Å². The van der Waals surface area contributed by atoms with Crippen LogP contribution in [0.4, 0.5) is 6.01 Å². The lowest BCUT2D eigenvalue weighted by Crippen LogP contribution is -2.17. The van der Waals surface area contributed by atoms with Crippen LogP contribution in [0, 0.1) is 0 Å². The zero-order valence-corrected chi connectivity index (χ0v) is 14.9. The fourth-order valence-electron chi connectivity index (χ4n) is 2.80. The second kappa shape index (κ2) is 7.49. The lowest BCUT2D eigenvalue weighted by atomic mass is 10.1. The number of hydrogen-bond acceptors (Lipinski definition) is 6. The highest BCUT2D eigenvalue weighted by molar-refractivity contribution is 6.03. The summed E-state index contributed by atoms with van der Waals surface area (Å²) in [6.45, 7) is 3.08. The van der Waals surface area contributed by atoms with Crippen molar-refractivity contribution in [2.75, 3.05) is 18.5 Å². The highest BCUT2D eigenvalue weighted by Gasteiger charge is 2.17. The molecule has 138 valence electrons. The molecule has 7 heteroatoms. The van der Waals surface area contributed by atoms with Gasteiger partial charge in [0, 0.05) is 5.56 Å². The summed E-state index contributed by atoms with van der Waals surface area (Å²) in [5.74, 6) is 1.27. The molecule has 1 aliphatic rings. The van der Waals surface area contributed by atoms with Crippen LogP contribution in [0.2, 0.25) is 0 Å². The topological polar surface area (TPSA) is 86.5 Å². The van der Waals surface area contributed by atoms with Gasteiger partial charge < -0.3 is 13.9 Å². The van der Waals surface area contributed by atoms with Crippen LogP contribution in [-0.2, 0) is 12.8 Å². The van der Waals surface area contributed by atoms with Crippen LogP contribution in [0.5, 0.6) is 11.5 Å². The molecule has 0 unspecified atom stereocenters. The summed E-state index contributed by atoms with van der Waals surface area (Å²) in [7, 11) is 0. The molecule has 27 heavy (non-hydrogen) atoms. The third-order valence-electron chi connectivity index (χ3n) is 4.28. The Balaban J connectivity index is 1.41. The van der Waals surface area contributed by atoms with E-state index in [1.165, 1.54) is 5.56 Å². The van der Waals surface area contributed by atoms with Gasteiger partial charge in [0.15, 0.2) is 11.5 Å². The average Bonchev–Trinajstić information content (AvgIpc) is 3.15. The molecule has 1 aromatic heterocycles. The summed E-state index contributed by atoms with van der Waals surface area (Å²) in [5, 5.41) is 10.5. The number of nitrogens with zero attached hydrogens (tertiary/aromatic N) is 2. The van der Waals surface area contributed by atoms with E-state index >= 15 is 0 Å². The predicted octanol–water partition coefficient (Wildman–Crippen LogP) is 3.25. The maximum absolute atomic E-state index is 12.4. The Morgan fingerprint density at radius 1 is 1.00 bits per heavy atom. The van der Waals surface area contributed by atoms with Gasteiger partial charge >= 0.3 is 6.01 Å². The van der Waals surface area contributed by atoms with E-state index in [0.29, 0.717) is 42.6 Å². The first kappa shape index (κ1) is 17.1. The second-order valence-corrected chi connectivity index (χ2v) is 6.16. The van der Waals surface area contributed by atoms with Gasteiger partial charge in [-0.15, -0.1) is 5.10 Å². The van der Waals surface area contributed by atoms with Crippen molar-refractivity contribution in [3.05, 3.63) is 65.0 Å². The molecular weight excluding hydrogens is 346 g/mol. The van der Waals surface area contributed by atoms with E-state index in [9.17, 15) is 4.79 Å². The maximum atomic E-state index is 12.4. The fraction of sp³-hybridized carbons (Fsp3) is 0.250. The molecule has 0 spiro atoms. The first-order valence-electron chi connectivity index (χ1n) is 8.82. The van der Waals surface area contributed by atoms with Crippen LogP contribution in [0.3, 0.4) is 0 Å². The second-order valence-electron chi connectivity index (χ2n) is 6.16. The Morgan fingerprint density at radius 2 is 1.74 bits per heavy atom. The number of amides is 1. The molecule has 2 aromatic carbocycles. The highest BCUT2D eigenvalue weighted by Crippen LogP contribution is 2.30. The molecule has 1 aliphatic heterocycles. The molecule has 2 heterocycles. The monoisotopic (exact) mass is 365 g/mol. The van der Waals surface area contributed by atoms with Crippen LogP contribution in [0.25, 0.3) is 0 Å². The van der Waals surface area contributed by atoms with Crippen molar-refractivity contribution in [1.29, 1.82) is 0 Å². The van der Waals surface area contributed by atoms with Crippen LogP contribution in [-0.4, -0.2) is 29.3 Å². The van der Waals surface area contributed by atoms with Crippen LogP contribution in [0.15, 0.2) is 46.9 Å². The smallest absolute Gasteiger partial charge is 0.322 e. The predicted molar refractivity (Wildman–Crippen MR) is 98.3 cm³/mol. The average molecular weight is 365 g/mol. The van der Waals surface area contributed by atoms with E-state index in [0.717, 1.165) is 12.0 Å². The Morgan fingerprint density at radius 3 is 2.52 bits per heavy atom. The van der Waals surface area contributed by atoms with Crippen LogP contribution >= 0.6 is 0 Å². The van der Waals surface area contributed by atoms with E-state index in [2.05, 4.69) is 34.6 Å². The SMILES string of the molecule is CCc1ccc(Cc2nnc(NC(=O)c3ccc4c(c3)OCCO4)o2)cc1. The Kier molecular flexibility index (Phi) is 4.74. The molecular formula is C20H19N3O4. The largest absolute Gasteiger partial charge is 0.486 e. The number of aryl methyl sites for hydroxylation is 1. The zero-order valence-electron chi connectivity index (χ0n) is 14.9. The molecule has 0 saturated carbocycles. The lowest BCUT2D eigenvalue weighted by molar-refractivity contribution is 0.102. The van der Waals surface area contributed by atoms with Crippen molar-refractivity contribution >= 4 is 11.9 Å². The summed E-state index contributed by atoms with van der Waals surface area (Å²) in [6.07, 6.45) is 1.51. The van der Waals surface area contributed by atoms with Crippen LogP contribution < -0.4 is 14.8 Å². The van der Waals surface area contributed by atoms with Gasteiger partial charge in [-0.2, -0.15) is 0 Å². The van der Waals surface area contributed by atoms with E-state index in [4.69, 9.17) is 13.9 Å². The summed E-state index contributed by atoms with van der Waals surface area (Å²) >= 11 is 0. The van der Waals surface area contributed by atoms with Gasteiger partial charge in [0.2, 0.25) is 5.89 Å². The molecule has 1 N–H and O–H groups in total. The summed E-state index contributed by atoms with van der Waals surface area (Å²) in [6, 6.07) is 13.3. The third-order valence-corrected chi connectivity index (χ3v) is 4.28. The zero-order chi connectivity index (χ0) is 18.6. The minimum atomic E-state index is -0.352. The van der Waals surface area contributed by atoms with Gasteiger partial charge in [-0.25, -0.2) is 0 Å². The number of carbonyl (C=O) groups excluding carboxylic acids is 1. The van der Waals surface area contributed by atoms with Gasteiger partial charge in [-0.05, 0) is 35.7 Å². The number of hydrogen-bond donors (Lipinski definition) is 1. The van der Waals surface area contributed by atoms with Gasteiger partial charge in [-0.3, -0.25) is 10.1 Å². The highest BCUT2D eigenvalue weighted by atomic mass is 16.6. The van der Waals surface area contributed by atoms with Crippen molar-refractivity contribution in [2.24, 2.45) is 0 Å². The molecule has 7 nitrogen and oxygen atoms in total. The molecule has 0 saturated heterocycles. The number of ether oxygens (including phenoxy) is 2. The number of fused-ring (bicyclic) bond motifs is 1. The van der Waals surface area contributed by atoms with Gasteiger partial charge in [0.25, 0.3) is 5.91 Å². The molecule has 1 amide bonds. The van der Waals surface area contributed by atoms with Crippen molar-refractivity contribution in [3.8, 4) is 11.5 Å². The Bertz CT molecular complexity index is 950. The first-order chi connectivity index (χ1) is 13.2. The maximum Gasteiger partial charge on any atom is 0.322 e.